The van der Waals surface area contributed by atoms with E-state index in [0.29, 0.717) is 43.3 Å². The Labute approximate surface area is 270 Å². The van der Waals surface area contributed by atoms with Crippen molar-refractivity contribution in [2.75, 3.05) is 56.1 Å². The van der Waals surface area contributed by atoms with Crippen molar-refractivity contribution in [2.24, 2.45) is 5.92 Å². The zero-order chi connectivity index (χ0) is 31.7. The van der Waals surface area contributed by atoms with E-state index < -0.39 is 0 Å². The van der Waals surface area contributed by atoms with E-state index in [4.69, 9.17) is 32.9 Å². The van der Waals surface area contributed by atoms with E-state index in [1.54, 1.807) is 4.90 Å². The molecule has 0 unspecified atom stereocenters. The molecule has 3 atom stereocenters. The number of carbonyl (C=O) groups is 1. The standard InChI is InChI=1S/C34H41ClN8O2/c1-6-31(44)43-15-14-42(20-26(43)17-36-4)33-27-12-13-41(30-18-37-16-25-8-7-9-28(35)32(25)30)21-29(27)38-34(39-33)45-22(2)19-40(5)23(3)24-10-11-24/h6-9,16,18,22-24,26H,1,10-15,17,19-21H2,2-3,5H3/t22-,23+,26-/m0/s1. The summed E-state index contributed by atoms with van der Waals surface area (Å²) in [5, 5.41) is 2.67. The average Bonchev–Trinajstić information content (AvgIpc) is 3.89. The van der Waals surface area contributed by atoms with Crippen LogP contribution in [-0.2, 0) is 17.8 Å². The van der Waals surface area contributed by atoms with Gasteiger partial charge in [-0.05, 0) is 58.2 Å². The van der Waals surface area contributed by atoms with E-state index in [1.165, 1.54) is 18.9 Å². The first-order chi connectivity index (χ1) is 21.8. The molecule has 1 saturated carbocycles. The van der Waals surface area contributed by atoms with Gasteiger partial charge in [0.2, 0.25) is 12.5 Å². The number of carbonyl (C=O) groups excluding carboxylic acids is 1. The molecule has 236 valence electrons. The maximum absolute atomic E-state index is 12.6. The summed E-state index contributed by atoms with van der Waals surface area (Å²) in [7, 11) is 2.16. The molecule has 3 aliphatic rings. The van der Waals surface area contributed by atoms with Crippen LogP contribution in [0.4, 0.5) is 11.5 Å². The number of fused-ring (bicyclic) bond motifs is 2. The molecular weight excluding hydrogens is 588 g/mol. The van der Waals surface area contributed by atoms with Gasteiger partial charge in [-0.25, -0.2) is 6.57 Å². The monoisotopic (exact) mass is 628 g/mol. The number of hydrogen-bond acceptors (Lipinski definition) is 8. The molecule has 11 heteroatoms. The first-order valence-corrected chi connectivity index (χ1v) is 16.2. The molecule has 0 bridgehead atoms. The molecule has 0 N–H and O–H groups in total. The number of likely N-dealkylation sites (N-methyl/N-ethyl adjacent to an activating group) is 1. The van der Waals surface area contributed by atoms with Gasteiger partial charge >= 0.3 is 6.01 Å². The van der Waals surface area contributed by atoms with Crippen LogP contribution in [0.3, 0.4) is 0 Å². The van der Waals surface area contributed by atoms with Crippen LogP contribution < -0.4 is 14.5 Å². The number of hydrogen-bond donors (Lipinski definition) is 0. The molecule has 4 heterocycles. The Morgan fingerprint density at radius 2 is 2.04 bits per heavy atom. The van der Waals surface area contributed by atoms with Crippen LogP contribution in [0.2, 0.25) is 5.02 Å². The molecule has 0 radical (unpaired) electrons. The number of benzene rings is 1. The predicted octanol–water partition coefficient (Wildman–Crippen LogP) is 4.86. The highest BCUT2D eigenvalue weighted by Crippen LogP contribution is 2.37. The van der Waals surface area contributed by atoms with Crippen molar-refractivity contribution in [1.29, 1.82) is 0 Å². The molecule has 2 fully saturated rings. The van der Waals surface area contributed by atoms with Gasteiger partial charge in [0.1, 0.15) is 18.0 Å². The van der Waals surface area contributed by atoms with Gasteiger partial charge in [0.25, 0.3) is 0 Å². The van der Waals surface area contributed by atoms with Crippen LogP contribution in [0.5, 0.6) is 6.01 Å². The van der Waals surface area contributed by atoms with E-state index >= 15 is 0 Å². The van der Waals surface area contributed by atoms with Gasteiger partial charge in [0, 0.05) is 61.3 Å². The number of halogens is 1. The van der Waals surface area contributed by atoms with E-state index in [0.717, 1.165) is 59.0 Å². The topological polar surface area (TPSA) is 82.3 Å². The summed E-state index contributed by atoms with van der Waals surface area (Å²) in [4.78, 5) is 39.4. The first kappa shape index (κ1) is 31.1. The number of rotatable bonds is 10. The van der Waals surface area contributed by atoms with Gasteiger partial charge in [-0.1, -0.05) is 30.3 Å². The highest BCUT2D eigenvalue weighted by molar-refractivity contribution is 6.36. The third-order valence-electron chi connectivity index (χ3n) is 9.47. The van der Waals surface area contributed by atoms with E-state index in [2.05, 4.69) is 52.0 Å². The summed E-state index contributed by atoms with van der Waals surface area (Å²) in [6.07, 6.45) is 8.26. The van der Waals surface area contributed by atoms with Crippen molar-refractivity contribution in [3.05, 3.63) is 70.9 Å². The van der Waals surface area contributed by atoms with Crippen molar-refractivity contribution in [3.63, 3.8) is 0 Å². The first-order valence-electron chi connectivity index (χ1n) is 15.8. The highest BCUT2D eigenvalue weighted by atomic mass is 35.5. The van der Waals surface area contributed by atoms with Gasteiger partial charge in [-0.3, -0.25) is 14.7 Å². The Bertz CT molecular complexity index is 1620. The molecule has 45 heavy (non-hydrogen) atoms. The summed E-state index contributed by atoms with van der Waals surface area (Å²) in [6, 6.07) is 6.50. The molecule has 1 saturated heterocycles. The van der Waals surface area contributed by atoms with Crippen LogP contribution in [0.15, 0.2) is 43.2 Å². The van der Waals surface area contributed by atoms with Crippen LogP contribution in [0, 0.1) is 12.5 Å². The van der Waals surface area contributed by atoms with Gasteiger partial charge in [-0.15, -0.1) is 0 Å². The second kappa shape index (κ2) is 13.2. The van der Waals surface area contributed by atoms with Crippen molar-refractivity contribution in [3.8, 4) is 6.01 Å². The number of amides is 1. The average molecular weight is 629 g/mol. The summed E-state index contributed by atoms with van der Waals surface area (Å²) in [5.74, 6) is 1.46. The van der Waals surface area contributed by atoms with E-state index in [-0.39, 0.29) is 24.6 Å². The molecule has 1 aromatic carbocycles. The lowest BCUT2D eigenvalue weighted by atomic mass is 10.0. The maximum atomic E-state index is 12.6. The SMILES string of the molecule is [C-]#[N+]C[C@H]1CN(c2nc(O[C@@H](C)CN(C)[C@H](C)C3CC3)nc3c2CCN(c2cncc4cccc(Cl)c24)C3)CCN1C(=O)C=C. The smallest absolute Gasteiger partial charge is 0.318 e. The number of aromatic nitrogens is 3. The number of pyridine rings is 1. The van der Waals surface area contributed by atoms with Crippen LogP contribution in [0.1, 0.15) is 37.9 Å². The highest BCUT2D eigenvalue weighted by Gasteiger charge is 2.35. The molecular formula is C34H41ClN8O2. The number of ether oxygens (including phenoxy) is 1. The minimum Gasteiger partial charge on any atom is -0.459 e. The summed E-state index contributed by atoms with van der Waals surface area (Å²) in [5.41, 5.74) is 2.96. The Balaban J connectivity index is 1.32. The van der Waals surface area contributed by atoms with Crippen molar-refractivity contribution in [2.45, 2.75) is 57.8 Å². The second-order valence-electron chi connectivity index (χ2n) is 12.5. The quantitative estimate of drug-likeness (QED) is 0.233. The Morgan fingerprint density at radius 1 is 1.22 bits per heavy atom. The Kier molecular flexibility index (Phi) is 9.11. The lowest BCUT2D eigenvalue weighted by Crippen LogP contribution is -2.56. The third kappa shape index (κ3) is 6.56. The molecule has 0 spiro atoms. The minimum absolute atomic E-state index is 0.111. The molecule has 10 nitrogen and oxygen atoms in total. The fourth-order valence-electron chi connectivity index (χ4n) is 6.76. The molecule has 3 aromatic rings. The van der Waals surface area contributed by atoms with Crippen LogP contribution in [-0.4, -0.2) is 95.2 Å². The summed E-state index contributed by atoms with van der Waals surface area (Å²) in [6.45, 7) is 19.4. The third-order valence-corrected chi connectivity index (χ3v) is 9.78. The lowest BCUT2D eigenvalue weighted by molar-refractivity contribution is -0.128. The van der Waals surface area contributed by atoms with Gasteiger partial charge in [0.05, 0.1) is 29.1 Å². The van der Waals surface area contributed by atoms with Gasteiger partial charge in [0.15, 0.2) is 0 Å². The van der Waals surface area contributed by atoms with Crippen molar-refractivity contribution >= 4 is 39.8 Å². The molecule has 1 amide bonds. The summed E-state index contributed by atoms with van der Waals surface area (Å²) >= 11 is 6.70. The van der Waals surface area contributed by atoms with Crippen LogP contribution >= 0.6 is 11.6 Å². The van der Waals surface area contributed by atoms with Gasteiger partial charge < -0.3 is 24.3 Å². The molecule has 1 aliphatic carbocycles. The van der Waals surface area contributed by atoms with E-state index in [1.807, 2.05) is 30.6 Å². The molecule has 6 rings (SSSR count). The Morgan fingerprint density at radius 3 is 2.80 bits per heavy atom. The maximum Gasteiger partial charge on any atom is 0.318 e. The minimum atomic E-state index is -0.253. The zero-order valence-electron chi connectivity index (χ0n) is 26.3. The van der Waals surface area contributed by atoms with Gasteiger partial charge in [-0.2, -0.15) is 9.97 Å². The second-order valence-corrected chi connectivity index (χ2v) is 13.0. The fraction of sp³-hybridized carbons (Fsp3) is 0.500. The molecule has 2 aromatic heterocycles. The fourth-order valence-corrected chi connectivity index (χ4v) is 7.04. The number of piperazine rings is 1. The number of nitrogens with zero attached hydrogens (tertiary/aromatic N) is 8. The van der Waals surface area contributed by atoms with Crippen molar-refractivity contribution in [1.82, 2.24) is 24.8 Å². The molecule has 2 aliphatic heterocycles. The summed E-state index contributed by atoms with van der Waals surface area (Å²) < 4.78 is 6.45. The lowest BCUT2D eigenvalue weighted by Gasteiger charge is -2.41. The zero-order valence-corrected chi connectivity index (χ0v) is 27.1. The van der Waals surface area contributed by atoms with Crippen LogP contribution in [0.25, 0.3) is 15.6 Å². The predicted molar refractivity (Wildman–Crippen MR) is 178 cm³/mol. The van der Waals surface area contributed by atoms with Crippen molar-refractivity contribution < 1.29 is 9.53 Å². The number of anilines is 2. The van der Waals surface area contributed by atoms with E-state index in [9.17, 15) is 4.79 Å². The Hall–Kier alpha value is -3.94. The largest absolute Gasteiger partial charge is 0.459 e. The normalized spacial score (nSPS) is 19.6.